The van der Waals surface area contributed by atoms with Crippen molar-refractivity contribution in [2.75, 3.05) is 7.11 Å². The summed E-state index contributed by atoms with van der Waals surface area (Å²) < 4.78 is 11.9. The predicted octanol–water partition coefficient (Wildman–Crippen LogP) is 5.49. The van der Waals surface area contributed by atoms with Crippen LogP contribution in [-0.2, 0) is 13.0 Å². The van der Waals surface area contributed by atoms with Gasteiger partial charge in [-0.25, -0.2) is 0 Å². The number of benzene rings is 2. The van der Waals surface area contributed by atoms with Crippen molar-refractivity contribution in [3.8, 4) is 11.5 Å². The maximum absolute atomic E-state index is 10.6. The highest BCUT2D eigenvalue weighted by Gasteiger charge is 2.54. The Balaban J connectivity index is 1.41. The van der Waals surface area contributed by atoms with E-state index < -0.39 is 0 Å². The van der Waals surface area contributed by atoms with Gasteiger partial charge < -0.3 is 14.6 Å². The SMILES string of the molecule is COc1cc2c(cc1OCc1ccccc1)CC[C@@H]1[C@@H]2CC[C@]2(C)[C@@H](O)CC[C@@H]12. The Kier molecular flexibility index (Phi) is 4.82. The molecular formula is C26H32O3. The summed E-state index contributed by atoms with van der Waals surface area (Å²) in [6.45, 7) is 2.89. The van der Waals surface area contributed by atoms with Gasteiger partial charge in [-0.1, -0.05) is 37.3 Å². The van der Waals surface area contributed by atoms with Gasteiger partial charge in [0.15, 0.2) is 11.5 Å². The van der Waals surface area contributed by atoms with Crippen LogP contribution in [0.4, 0.5) is 0 Å². The Morgan fingerprint density at radius 2 is 1.86 bits per heavy atom. The lowest BCUT2D eigenvalue weighted by atomic mass is 9.55. The number of fused-ring (bicyclic) bond motifs is 5. The first-order valence-corrected chi connectivity index (χ1v) is 11.2. The standard InChI is InChI=1S/C26H32O3/c1-26-13-12-19-20(22(26)10-11-25(26)27)9-8-18-14-24(23(28-2)15-21(18)19)29-16-17-6-4-3-5-7-17/h3-7,14-15,19-20,22,25,27H,8-13,16H2,1-2H3/t19-,20+,22-,25-,26-/m0/s1. The Labute approximate surface area is 174 Å². The highest BCUT2D eigenvalue weighted by Crippen LogP contribution is 2.61. The molecule has 1 N–H and O–H groups in total. The third-order valence-corrected chi connectivity index (χ3v) is 8.20. The van der Waals surface area contributed by atoms with Gasteiger partial charge in [0.2, 0.25) is 0 Å². The second-order valence-electron chi connectivity index (χ2n) is 9.53. The van der Waals surface area contributed by atoms with Crippen molar-refractivity contribution in [3.05, 3.63) is 59.2 Å². The molecule has 2 aromatic rings. The summed E-state index contributed by atoms with van der Waals surface area (Å²) in [5.41, 5.74) is 4.19. The molecule has 2 aromatic carbocycles. The first-order chi connectivity index (χ1) is 14.1. The van der Waals surface area contributed by atoms with Crippen LogP contribution < -0.4 is 9.47 Å². The lowest BCUT2D eigenvalue weighted by molar-refractivity contribution is -0.0226. The molecular weight excluding hydrogens is 360 g/mol. The van der Waals surface area contributed by atoms with E-state index in [-0.39, 0.29) is 11.5 Å². The summed E-state index contributed by atoms with van der Waals surface area (Å²) in [5, 5.41) is 10.6. The number of ether oxygens (including phenoxy) is 2. The van der Waals surface area contributed by atoms with Crippen molar-refractivity contribution in [1.29, 1.82) is 0 Å². The van der Waals surface area contributed by atoms with Gasteiger partial charge in [-0.2, -0.15) is 0 Å². The Bertz CT molecular complexity index is 877. The maximum Gasteiger partial charge on any atom is 0.161 e. The second kappa shape index (κ2) is 7.36. The Morgan fingerprint density at radius 3 is 2.66 bits per heavy atom. The molecule has 2 fully saturated rings. The molecule has 154 valence electrons. The number of aliphatic hydroxyl groups excluding tert-OH is 1. The smallest absolute Gasteiger partial charge is 0.161 e. The first-order valence-electron chi connectivity index (χ1n) is 11.2. The lowest BCUT2D eigenvalue weighted by Crippen LogP contribution is -2.43. The van der Waals surface area contributed by atoms with Crippen molar-refractivity contribution in [2.24, 2.45) is 17.3 Å². The van der Waals surface area contributed by atoms with Gasteiger partial charge in [0.25, 0.3) is 0 Å². The molecule has 5 atom stereocenters. The average molecular weight is 393 g/mol. The van der Waals surface area contributed by atoms with Crippen LogP contribution in [0.3, 0.4) is 0 Å². The van der Waals surface area contributed by atoms with Crippen molar-refractivity contribution < 1.29 is 14.6 Å². The normalized spacial score (nSPS) is 32.8. The van der Waals surface area contributed by atoms with Gasteiger partial charge in [-0.3, -0.25) is 0 Å². The number of rotatable bonds is 4. The fourth-order valence-corrected chi connectivity index (χ4v) is 6.56. The van der Waals surface area contributed by atoms with E-state index >= 15 is 0 Å². The summed E-state index contributed by atoms with van der Waals surface area (Å²) >= 11 is 0. The van der Waals surface area contributed by atoms with E-state index in [4.69, 9.17) is 9.47 Å². The van der Waals surface area contributed by atoms with Crippen LogP contribution >= 0.6 is 0 Å². The molecule has 0 heterocycles. The largest absolute Gasteiger partial charge is 0.493 e. The van der Waals surface area contributed by atoms with Gasteiger partial charge in [0.05, 0.1) is 13.2 Å². The van der Waals surface area contributed by atoms with E-state index in [1.165, 1.54) is 36.0 Å². The molecule has 0 aromatic heterocycles. The number of methoxy groups -OCH3 is 1. The number of hydrogen-bond acceptors (Lipinski definition) is 3. The van der Waals surface area contributed by atoms with E-state index in [1.54, 1.807) is 7.11 Å². The van der Waals surface area contributed by atoms with E-state index in [0.717, 1.165) is 30.8 Å². The first kappa shape index (κ1) is 19.0. The minimum atomic E-state index is -0.113. The molecule has 3 aliphatic carbocycles. The summed E-state index contributed by atoms with van der Waals surface area (Å²) in [6, 6.07) is 14.8. The predicted molar refractivity (Wildman–Crippen MR) is 114 cm³/mol. The van der Waals surface area contributed by atoms with E-state index in [9.17, 15) is 5.11 Å². The topological polar surface area (TPSA) is 38.7 Å². The van der Waals surface area contributed by atoms with Gasteiger partial charge in [0.1, 0.15) is 6.61 Å². The number of aliphatic hydroxyl groups is 1. The maximum atomic E-state index is 10.6. The molecule has 0 radical (unpaired) electrons. The van der Waals surface area contributed by atoms with Crippen molar-refractivity contribution in [1.82, 2.24) is 0 Å². The molecule has 3 aliphatic rings. The molecule has 0 amide bonds. The zero-order valence-electron chi connectivity index (χ0n) is 17.6. The summed E-state index contributed by atoms with van der Waals surface area (Å²) in [7, 11) is 1.74. The number of hydrogen-bond donors (Lipinski definition) is 1. The van der Waals surface area contributed by atoms with Crippen molar-refractivity contribution in [3.63, 3.8) is 0 Å². The quantitative estimate of drug-likeness (QED) is 0.748. The van der Waals surface area contributed by atoms with Crippen LogP contribution in [0, 0.1) is 17.3 Å². The molecule has 0 spiro atoms. The summed E-state index contributed by atoms with van der Waals surface area (Å²) in [6.07, 6.45) is 6.69. The highest BCUT2D eigenvalue weighted by molar-refractivity contribution is 5.50. The van der Waals surface area contributed by atoms with E-state index in [2.05, 4.69) is 31.2 Å². The van der Waals surface area contributed by atoms with Crippen molar-refractivity contribution >= 4 is 0 Å². The van der Waals surface area contributed by atoms with Crippen LogP contribution in [0.5, 0.6) is 11.5 Å². The van der Waals surface area contributed by atoms with Crippen LogP contribution in [-0.4, -0.2) is 18.3 Å². The van der Waals surface area contributed by atoms with Crippen LogP contribution in [0.2, 0.25) is 0 Å². The molecule has 5 rings (SSSR count). The molecule has 0 bridgehead atoms. The highest BCUT2D eigenvalue weighted by atomic mass is 16.5. The monoisotopic (exact) mass is 392 g/mol. The second-order valence-corrected chi connectivity index (χ2v) is 9.53. The summed E-state index contributed by atoms with van der Waals surface area (Å²) in [4.78, 5) is 0. The Hall–Kier alpha value is -2.00. The zero-order valence-corrected chi connectivity index (χ0v) is 17.6. The average Bonchev–Trinajstić information content (AvgIpc) is 3.06. The number of aryl methyl sites for hydroxylation is 1. The molecule has 0 aliphatic heterocycles. The summed E-state index contributed by atoms with van der Waals surface area (Å²) in [5.74, 6) is 3.65. The van der Waals surface area contributed by atoms with E-state index in [0.29, 0.717) is 24.4 Å². The molecule has 0 saturated heterocycles. The molecule has 2 saturated carbocycles. The molecule has 3 heteroatoms. The van der Waals surface area contributed by atoms with Gasteiger partial charge in [0, 0.05) is 0 Å². The minimum absolute atomic E-state index is 0.113. The van der Waals surface area contributed by atoms with Gasteiger partial charge in [-0.15, -0.1) is 0 Å². The molecule has 3 nitrogen and oxygen atoms in total. The zero-order chi connectivity index (χ0) is 20.0. The molecule has 0 unspecified atom stereocenters. The van der Waals surface area contributed by atoms with Crippen LogP contribution in [0.15, 0.2) is 42.5 Å². The fourth-order valence-electron chi connectivity index (χ4n) is 6.56. The van der Waals surface area contributed by atoms with Crippen molar-refractivity contribution in [2.45, 2.75) is 64.1 Å². The van der Waals surface area contributed by atoms with Crippen LogP contribution in [0.1, 0.15) is 61.6 Å². The third-order valence-electron chi connectivity index (χ3n) is 8.20. The minimum Gasteiger partial charge on any atom is -0.493 e. The van der Waals surface area contributed by atoms with Crippen LogP contribution in [0.25, 0.3) is 0 Å². The molecule has 29 heavy (non-hydrogen) atoms. The fraction of sp³-hybridized carbons (Fsp3) is 0.538. The third kappa shape index (κ3) is 3.15. The lowest BCUT2D eigenvalue weighted by Gasteiger charge is -2.50. The van der Waals surface area contributed by atoms with E-state index in [1.807, 2.05) is 18.2 Å². The van der Waals surface area contributed by atoms with Gasteiger partial charge in [-0.05, 0) is 90.5 Å². The Morgan fingerprint density at radius 1 is 1.03 bits per heavy atom. The van der Waals surface area contributed by atoms with Gasteiger partial charge >= 0.3 is 0 Å².